The zero-order valence-corrected chi connectivity index (χ0v) is 14.4. The molecule has 0 saturated heterocycles. The Kier molecular flexibility index (Phi) is 6.51. The molecule has 0 aliphatic rings. The minimum absolute atomic E-state index is 0.134. The summed E-state index contributed by atoms with van der Waals surface area (Å²) in [5.41, 5.74) is 2.55. The fraction of sp³-hybridized carbons (Fsp3) is 0.294. The smallest absolute Gasteiger partial charge is 0.101 e. The van der Waals surface area contributed by atoms with Crippen LogP contribution < -0.4 is 10.2 Å². The van der Waals surface area contributed by atoms with Crippen LogP contribution in [0.5, 0.6) is 0 Å². The Morgan fingerprint density at radius 1 is 1.00 bits per heavy atom. The lowest BCUT2D eigenvalue weighted by atomic mass is 10.2. The molecular weight excluding hydrogens is 309 g/mol. The Bertz CT molecular complexity index is 669. The molecule has 0 radical (unpaired) electrons. The number of hydrogen-bond donors (Lipinski definition) is 1. The van der Waals surface area contributed by atoms with E-state index in [1.807, 2.05) is 48.5 Å². The van der Waals surface area contributed by atoms with E-state index in [0.29, 0.717) is 6.54 Å². The highest BCUT2D eigenvalue weighted by molar-refractivity contribution is 7.52. The van der Waals surface area contributed by atoms with Gasteiger partial charge in [0.2, 0.25) is 0 Å². The third-order valence-corrected chi connectivity index (χ3v) is 4.67. The predicted molar refractivity (Wildman–Crippen MR) is 96.6 cm³/mol. The fourth-order valence-electron chi connectivity index (χ4n) is 2.20. The summed E-state index contributed by atoms with van der Waals surface area (Å²) in [7, 11) is -1.66. The molecule has 0 spiro atoms. The number of aliphatic hydroxyl groups is 1. The molecule has 2 aromatic carbocycles. The Morgan fingerprint density at radius 3 is 1.96 bits per heavy atom. The van der Waals surface area contributed by atoms with Gasteiger partial charge >= 0.3 is 0 Å². The van der Waals surface area contributed by atoms with E-state index >= 15 is 0 Å². The van der Waals surface area contributed by atoms with Crippen molar-refractivity contribution < 1.29 is 9.67 Å². The second-order valence-corrected chi connectivity index (χ2v) is 6.81. The maximum atomic E-state index is 11.4. The van der Waals surface area contributed by atoms with Crippen molar-refractivity contribution in [1.82, 2.24) is 0 Å². The number of likely N-dealkylation sites (N-methyl/N-ethyl adjacent to an activating group) is 1. The fourth-order valence-corrected chi connectivity index (χ4v) is 2.83. The van der Waals surface area contributed by atoms with Crippen LogP contribution in [-0.2, 0) is 4.57 Å². The largest absolute Gasteiger partial charge is 0.395 e. The molecule has 0 fully saturated rings. The van der Waals surface area contributed by atoms with E-state index in [1.165, 1.54) is 0 Å². The van der Waals surface area contributed by atoms with Gasteiger partial charge in [0.1, 0.15) is 7.80 Å². The molecule has 122 valence electrons. The van der Waals surface area contributed by atoms with Crippen molar-refractivity contribution in [3.05, 3.63) is 48.5 Å². The van der Waals surface area contributed by atoms with Crippen LogP contribution in [0.4, 0.5) is 17.1 Å². The van der Waals surface area contributed by atoms with E-state index in [1.54, 1.807) is 6.66 Å². The van der Waals surface area contributed by atoms with Crippen molar-refractivity contribution in [3.8, 4) is 0 Å². The van der Waals surface area contributed by atoms with Gasteiger partial charge in [0, 0.05) is 24.1 Å². The summed E-state index contributed by atoms with van der Waals surface area (Å²) in [6, 6.07) is 15.0. The summed E-state index contributed by atoms with van der Waals surface area (Å²) < 4.78 is 11.4. The normalized spacial score (nSPS) is 12.5. The lowest BCUT2D eigenvalue weighted by molar-refractivity contribution is 0.302. The van der Waals surface area contributed by atoms with Gasteiger partial charge in [-0.25, -0.2) is 0 Å². The van der Waals surface area contributed by atoms with Gasteiger partial charge in [0.05, 0.1) is 18.0 Å². The van der Waals surface area contributed by atoms with Crippen LogP contribution in [-0.4, -0.2) is 31.5 Å². The van der Waals surface area contributed by atoms with Crippen LogP contribution in [0.1, 0.15) is 6.92 Å². The lowest BCUT2D eigenvalue weighted by Gasteiger charge is -2.21. The van der Waals surface area contributed by atoms with Gasteiger partial charge in [-0.3, -0.25) is 0 Å². The van der Waals surface area contributed by atoms with Gasteiger partial charge in [-0.1, -0.05) is 0 Å². The highest BCUT2D eigenvalue weighted by Gasteiger charge is 2.03. The number of anilines is 1. The molecule has 2 rings (SSSR count). The first-order valence-electron chi connectivity index (χ1n) is 7.62. The van der Waals surface area contributed by atoms with E-state index in [4.69, 9.17) is 5.11 Å². The molecule has 6 heteroatoms. The van der Waals surface area contributed by atoms with Crippen LogP contribution in [0.3, 0.4) is 0 Å². The Hall–Kier alpha value is -1.97. The van der Waals surface area contributed by atoms with Crippen molar-refractivity contribution >= 4 is 30.2 Å². The Morgan fingerprint density at radius 2 is 1.52 bits per heavy atom. The van der Waals surface area contributed by atoms with Gasteiger partial charge in [0.15, 0.2) is 0 Å². The summed E-state index contributed by atoms with van der Waals surface area (Å²) >= 11 is 0. The molecule has 0 bridgehead atoms. The van der Waals surface area contributed by atoms with E-state index < -0.39 is 7.80 Å². The predicted octanol–water partition coefficient (Wildman–Crippen LogP) is 3.74. The van der Waals surface area contributed by atoms with Crippen molar-refractivity contribution in [2.24, 2.45) is 10.2 Å². The number of rotatable bonds is 7. The van der Waals surface area contributed by atoms with Crippen molar-refractivity contribution in [2.45, 2.75) is 6.92 Å². The van der Waals surface area contributed by atoms with Crippen LogP contribution >= 0.6 is 7.80 Å². The van der Waals surface area contributed by atoms with E-state index in [0.717, 1.165) is 28.9 Å². The molecule has 0 aliphatic heterocycles. The van der Waals surface area contributed by atoms with Crippen LogP contribution in [0.2, 0.25) is 0 Å². The number of aliphatic hydroxyl groups excluding tert-OH is 1. The van der Waals surface area contributed by atoms with Gasteiger partial charge in [-0.05, 0) is 62.1 Å². The molecule has 0 aliphatic carbocycles. The number of benzene rings is 2. The quantitative estimate of drug-likeness (QED) is 0.621. The molecule has 2 aromatic rings. The summed E-state index contributed by atoms with van der Waals surface area (Å²) in [6.07, 6.45) is 0. The molecule has 1 atom stereocenters. The van der Waals surface area contributed by atoms with Crippen LogP contribution in [0.15, 0.2) is 58.8 Å². The van der Waals surface area contributed by atoms with E-state index in [9.17, 15) is 4.57 Å². The zero-order chi connectivity index (χ0) is 16.7. The molecule has 0 saturated carbocycles. The molecule has 23 heavy (non-hydrogen) atoms. The molecule has 0 amide bonds. The highest BCUT2D eigenvalue weighted by Crippen LogP contribution is 2.23. The molecule has 1 unspecified atom stereocenters. The monoisotopic (exact) mass is 331 g/mol. The third-order valence-electron chi connectivity index (χ3n) is 3.52. The second kappa shape index (κ2) is 8.61. The molecule has 0 heterocycles. The van der Waals surface area contributed by atoms with Gasteiger partial charge in [-0.15, -0.1) is 0 Å². The van der Waals surface area contributed by atoms with E-state index in [-0.39, 0.29) is 6.61 Å². The zero-order valence-electron chi connectivity index (χ0n) is 13.4. The number of nitrogens with zero attached hydrogens (tertiary/aromatic N) is 3. The first-order chi connectivity index (χ1) is 11.1. The maximum Gasteiger partial charge on any atom is 0.101 e. The number of azo groups is 1. The Balaban J connectivity index is 2.06. The summed E-state index contributed by atoms with van der Waals surface area (Å²) in [4.78, 5) is 2.09. The van der Waals surface area contributed by atoms with Crippen molar-refractivity contribution in [3.63, 3.8) is 0 Å². The topological polar surface area (TPSA) is 65.3 Å². The van der Waals surface area contributed by atoms with Gasteiger partial charge < -0.3 is 14.6 Å². The Labute approximate surface area is 137 Å². The van der Waals surface area contributed by atoms with Gasteiger partial charge in [0.25, 0.3) is 0 Å². The molecule has 0 aromatic heterocycles. The standard InChI is InChI=1S/C17H22N3O2P/c1-3-20(12-13-21)16-8-4-14(5-9-16)18-19-15-6-10-17(11-7-15)23(2)22/h4-11,21,23H,3,12-13H2,1-2H3/b19-18+. The van der Waals surface area contributed by atoms with Crippen LogP contribution in [0, 0.1) is 0 Å². The minimum Gasteiger partial charge on any atom is -0.395 e. The van der Waals surface area contributed by atoms with Crippen molar-refractivity contribution in [1.29, 1.82) is 0 Å². The molecule has 5 nitrogen and oxygen atoms in total. The molecular formula is C17H22N3O2P. The maximum absolute atomic E-state index is 11.4. The highest BCUT2D eigenvalue weighted by atomic mass is 31.1. The third kappa shape index (κ3) is 5.02. The number of hydrogen-bond acceptors (Lipinski definition) is 5. The van der Waals surface area contributed by atoms with Gasteiger partial charge in [-0.2, -0.15) is 10.2 Å². The molecule has 1 N–H and O–H groups in total. The van der Waals surface area contributed by atoms with E-state index in [2.05, 4.69) is 22.1 Å². The second-order valence-electron chi connectivity index (χ2n) is 5.12. The average Bonchev–Trinajstić information content (AvgIpc) is 2.59. The van der Waals surface area contributed by atoms with Crippen molar-refractivity contribution in [2.75, 3.05) is 31.3 Å². The summed E-state index contributed by atoms with van der Waals surface area (Å²) in [6.45, 7) is 5.37. The summed E-state index contributed by atoms with van der Waals surface area (Å²) in [5, 5.41) is 18.3. The first-order valence-corrected chi connectivity index (χ1v) is 9.53. The van der Waals surface area contributed by atoms with Crippen LogP contribution in [0.25, 0.3) is 0 Å². The minimum atomic E-state index is -1.66. The lowest BCUT2D eigenvalue weighted by Crippen LogP contribution is -2.25. The average molecular weight is 331 g/mol. The summed E-state index contributed by atoms with van der Waals surface area (Å²) in [5.74, 6) is 0. The first kappa shape index (κ1) is 17.4. The SMILES string of the molecule is CCN(CCO)c1ccc(/N=N/c2ccc([PH](C)=O)cc2)cc1.